The zero-order valence-electron chi connectivity index (χ0n) is 23.8. The maximum Gasteiger partial charge on any atom is 0.245 e. The van der Waals surface area contributed by atoms with Crippen LogP contribution in [0.25, 0.3) is 10.9 Å². The minimum atomic E-state index is -0.542. The Labute approximate surface area is 227 Å². The highest BCUT2D eigenvalue weighted by Gasteiger charge is 2.41. The van der Waals surface area contributed by atoms with Crippen molar-refractivity contribution in [2.24, 2.45) is 5.92 Å². The van der Waals surface area contributed by atoms with Crippen LogP contribution in [0.1, 0.15) is 107 Å². The number of nitrogens with zero attached hydrogens (tertiary/aromatic N) is 3. The fourth-order valence-corrected chi connectivity index (χ4v) is 6.02. The number of aryl methyl sites for hydroxylation is 2. The van der Waals surface area contributed by atoms with E-state index < -0.39 is 6.04 Å². The summed E-state index contributed by atoms with van der Waals surface area (Å²) < 4.78 is 7.89. The van der Waals surface area contributed by atoms with Gasteiger partial charge in [-0.25, -0.2) is 0 Å². The minimum absolute atomic E-state index is 0.0162. The predicted octanol–water partition coefficient (Wildman–Crippen LogP) is 5.69. The Kier molecular flexibility index (Phi) is 9.74. The first-order valence-electron chi connectivity index (χ1n) is 14.8. The summed E-state index contributed by atoms with van der Waals surface area (Å²) in [6.45, 7) is 9.00. The van der Waals surface area contributed by atoms with Crippen molar-refractivity contribution in [2.75, 3.05) is 13.2 Å². The SMILES string of the molecule is CCC(=O)[C@@H]1[C@H]2CCN1C(=O)Cn1nc(C(C)=O)c3cc(CCC(C)C)cc(c31)CCCCCCCCO2. The van der Waals surface area contributed by atoms with Crippen molar-refractivity contribution >= 4 is 28.4 Å². The first-order chi connectivity index (χ1) is 18.3. The molecule has 0 N–H and O–H groups in total. The summed E-state index contributed by atoms with van der Waals surface area (Å²) in [6.07, 6.45) is 10.4. The normalized spacial score (nSPS) is 21.7. The molecule has 7 nitrogen and oxygen atoms in total. The summed E-state index contributed by atoms with van der Waals surface area (Å²) in [5.41, 5.74) is 3.72. The molecule has 1 amide bonds. The molecular weight excluding hydrogens is 478 g/mol. The topological polar surface area (TPSA) is 81.5 Å². The number of carbonyl (C=O) groups is 3. The summed E-state index contributed by atoms with van der Waals surface area (Å²) in [6, 6.07) is 3.84. The van der Waals surface area contributed by atoms with Gasteiger partial charge in [0.05, 0.1) is 11.6 Å². The van der Waals surface area contributed by atoms with Gasteiger partial charge in [-0.15, -0.1) is 0 Å². The van der Waals surface area contributed by atoms with Crippen LogP contribution in [0.4, 0.5) is 0 Å². The van der Waals surface area contributed by atoms with Crippen LogP contribution in [0.15, 0.2) is 12.1 Å². The van der Waals surface area contributed by atoms with E-state index in [0.29, 0.717) is 37.6 Å². The number of Topliss-reactive ketones (excluding diaryl/α,β-unsaturated/α-hetero) is 2. The summed E-state index contributed by atoms with van der Waals surface area (Å²) >= 11 is 0. The predicted molar refractivity (Wildman–Crippen MR) is 149 cm³/mol. The third-order valence-electron chi connectivity index (χ3n) is 8.12. The Balaban J connectivity index is 1.75. The molecule has 1 aromatic carbocycles. The van der Waals surface area contributed by atoms with E-state index in [9.17, 15) is 14.4 Å². The second-order valence-electron chi connectivity index (χ2n) is 11.6. The van der Waals surface area contributed by atoms with E-state index >= 15 is 0 Å². The lowest BCUT2D eigenvalue weighted by molar-refractivity contribution is -0.141. The van der Waals surface area contributed by atoms with E-state index in [1.165, 1.54) is 24.0 Å². The highest BCUT2D eigenvalue weighted by molar-refractivity contribution is 6.06. The average molecular weight is 524 g/mol. The molecule has 7 heteroatoms. The Hall–Kier alpha value is -2.54. The van der Waals surface area contributed by atoms with Crippen molar-refractivity contribution in [1.82, 2.24) is 14.7 Å². The second kappa shape index (κ2) is 13.0. The second-order valence-corrected chi connectivity index (χ2v) is 11.6. The van der Waals surface area contributed by atoms with E-state index in [4.69, 9.17) is 9.84 Å². The van der Waals surface area contributed by atoms with Gasteiger partial charge in [0, 0.05) is 31.9 Å². The molecule has 0 spiro atoms. The lowest BCUT2D eigenvalue weighted by Gasteiger charge is -2.27. The number of hydrogen-bond donors (Lipinski definition) is 0. The van der Waals surface area contributed by atoms with Gasteiger partial charge in [-0.2, -0.15) is 5.10 Å². The van der Waals surface area contributed by atoms with Crippen LogP contribution in [-0.2, 0) is 33.7 Å². The molecule has 0 saturated carbocycles. The first-order valence-corrected chi connectivity index (χ1v) is 14.8. The number of hydrogen-bond acceptors (Lipinski definition) is 5. The van der Waals surface area contributed by atoms with E-state index in [2.05, 4.69) is 26.0 Å². The van der Waals surface area contributed by atoms with Crippen LogP contribution >= 0.6 is 0 Å². The highest BCUT2D eigenvalue weighted by Crippen LogP contribution is 2.30. The molecule has 1 aromatic heterocycles. The number of ketones is 2. The first kappa shape index (κ1) is 28.5. The number of carbonyl (C=O) groups excluding carboxylic acids is 3. The van der Waals surface area contributed by atoms with Crippen molar-refractivity contribution < 1.29 is 19.1 Å². The van der Waals surface area contributed by atoms with Crippen LogP contribution in [0.3, 0.4) is 0 Å². The fraction of sp³-hybridized carbons (Fsp3) is 0.677. The molecule has 0 radical (unpaired) electrons. The lowest BCUT2D eigenvalue weighted by Crippen LogP contribution is -2.47. The van der Waals surface area contributed by atoms with E-state index in [-0.39, 0.29) is 30.1 Å². The van der Waals surface area contributed by atoms with Gasteiger partial charge in [0.1, 0.15) is 18.3 Å². The molecule has 0 unspecified atom stereocenters. The van der Waals surface area contributed by atoms with Gasteiger partial charge in [0.2, 0.25) is 5.91 Å². The van der Waals surface area contributed by atoms with Gasteiger partial charge in [-0.3, -0.25) is 19.1 Å². The molecule has 2 aliphatic heterocycles. The van der Waals surface area contributed by atoms with Gasteiger partial charge in [-0.1, -0.05) is 52.5 Å². The van der Waals surface area contributed by atoms with Crippen LogP contribution < -0.4 is 0 Å². The van der Waals surface area contributed by atoms with E-state index in [1.807, 2.05) is 6.92 Å². The van der Waals surface area contributed by atoms with Gasteiger partial charge >= 0.3 is 0 Å². The standard InChI is InChI=1S/C31H45N3O4/c1-5-26(36)31-27-15-16-33(31)28(37)20-34-30-24(12-10-8-6-7-9-11-17-38-27)18-23(14-13-21(2)3)19-25(30)29(32-34)22(4)35/h18-19,21,27,31H,5-17,20H2,1-4H3/t27-,31-/m1/s1. The molecular formula is C31H45N3O4. The van der Waals surface area contributed by atoms with Crippen molar-refractivity contribution in [3.8, 4) is 0 Å². The molecule has 3 heterocycles. The van der Waals surface area contributed by atoms with Gasteiger partial charge in [0.15, 0.2) is 11.6 Å². The molecule has 38 heavy (non-hydrogen) atoms. The van der Waals surface area contributed by atoms with Crippen molar-refractivity contribution in [1.29, 1.82) is 0 Å². The van der Waals surface area contributed by atoms with Crippen molar-refractivity contribution in [2.45, 2.75) is 117 Å². The quantitative estimate of drug-likeness (QED) is 0.455. The monoisotopic (exact) mass is 523 g/mol. The number of aromatic nitrogens is 2. The Morgan fingerprint density at radius 1 is 1.11 bits per heavy atom. The molecule has 1 saturated heterocycles. The molecule has 2 aromatic rings. The molecule has 208 valence electrons. The highest BCUT2D eigenvalue weighted by atomic mass is 16.5. The molecule has 2 bridgehead atoms. The Morgan fingerprint density at radius 2 is 1.84 bits per heavy atom. The smallest absolute Gasteiger partial charge is 0.245 e. The molecule has 1 fully saturated rings. The van der Waals surface area contributed by atoms with Crippen molar-refractivity contribution in [3.05, 3.63) is 29.0 Å². The zero-order valence-corrected chi connectivity index (χ0v) is 23.8. The number of benzene rings is 1. The van der Waals surface area contributed by atoms with Gasteiger partial charge in [0.25, 0.3) is 0 Å². The number of fused-ring (bicyclic) bond motifs is 2. The number of amides is 1. The van der Waals surface area contributed by atoms with Gasteiger partial charge < -0.3 is 9.64 Å². The van der Waals surface area contributed by atoms with E-state index in [0.717, 1.165) is 55.8 Å². The maximum atomic E-state index is 13.7. The summed E-state index contributed by atoms with van der Waals surface area (Å²) in [4.78, 5) is 41.0. The van der Waals surface area contributed by atoms with Crippen LogP contribution in [0.2, 0.25) is 0 Å². The zero-order chi connectivity index (χ0) is 27.2. The molecule has 2 aliphatic rings. The van der Waals surface area contributed by atoms with Crippen molar-refractivity contribution in [3.63, 3.8) is 0 Å². The third kappa shape index (κ3) is 6.53. The molecule has 2 atom stereocenters. The molecule has 4 rings (SSSR count). The number of ether oxygens (including phenoxy) is 1. The summed E-state index contributed by atoms with van der Waals surface area (Å²) in [7, 11) is 0. The average Bonchev–Trinajstić information content (AvgIpc) is 3.47. The largest absolute Gasteiger partial charge is 0.376 e. The summed E-state index contributed by atoms with van der Waals surface area (Å²) in [5, 5.41) is 5.55. The summed E-state index contributed by atoms with van der Waals surface area (Å²) in [5.74, 6) is 0.408. The van der Waals surface area contributed by atoms with Crippen LogP contribution in [-0.4, -0.2) is 57.5 Å². The van der Waals surface area contributed by atoms with Crippen LogP contribution in [0.5, 0.6) is 0 Å². The minimum Gasteiger partial charge on any atom is -0.376 e. The number of rotatable bonds is 6. The lowest BCUT2D eigenvalue weighted by atomic mass is 9.95. The van der Waals surface area contributed by atoms with Gasteiger partial charge in [-0.05, 0) is 61.6 Å². The Bertz CT molecular complexity index is 1150. The third-order valence-corrected chi connectivity index (χ3v) is 8.12. The Morgan fingerprint density at radius 3 is 2.55 bits per heavy atom. The van der Waals surface area contributed by atoms with Crippen LogP contribution in [0, 0.1) is 5.92 Å². The molecule has 0 aliphatic carbocycles. The van der Waals surface area contributed by atoms with E-state index in [1.54, 1.807) is 16.5 Å². The fourth-order valence-electron chi connectivity index (χ4n) is 6.02. The maximum absolute atomic E-state index is 13.7.